The molecule has 2 heterocycles. The molecule has 112 valence electrons. The van der Waals surface area contributed by atoms with E-state index in [0.29, 0.717) is 5.41 Å². The number of fused-ring (bicyclic) bond motifs is 1. The maximum Gasteiger partial charge on any atom is 0.228 e. The molecule has 1 atom stereocenters. The lowest BCUT2D eigenvalue weighted by Crippen LogP contribution is -2.31. The summed E-state index contributed by atoms with van der Waals surface area (Å²) in [7, 11) is 0. The van der Waals surface area contributed by atoms with Gasteiger partial charge in [-0.2, -0.15) is 0 Å². The zero-order chi connectivity index (χ0) is 14.3. The second-order valence-electron chi connectivity index (χ2n) is 6.63. The maximum absolute atomic E-state index is 12.5. The Bertz CT molecular complexity index is 564. The number of aryl methyl sites for hydroxylation is 1. The van der Waals surface area contributed by atoms with Crippen LogP contribution in [-0.4, -0.2) is 25.6 Å². The SMILES string of the molecule is O=C(Nc1ccc2c(c1)CCCO2)C1CC12CCNCC2. The van der Waals surface area contributed by atoms with Crippen LogP contribution in [0.15, 0.2) is 18.2 Å². The van der Waals surface area contributed by atoms with E-state index in [1.54, 1.807) is 0 Å². The molecule has 1 aliphatic carbocycles. The largest absolute Gasteiger partial charge is 0.493 e. The number of rotatable bonds is 2. The fourth-order valence-corrected chi connectivity index (χ4v) is 3.86. The van der Waals surface area contributed by atoms with E-state index in [4.69, 9.17) is 4.74 Å². The number of ether oxygens (including phenoxy) is 1. The first-order valence-corrected chi connectivity index (χ1v) is 8.04. The van der Waals surface area contributed by atoms with Gasteiger partial charge in [-0.3, -0.25) is 4.79 Å². The monoisotopic (exact) mass is 286 g/mol. The number of carbonyl (C=O) groups excluding carboxylic acids is 1. The normalized spacial score (nSPS) is 25.8. The molecule has 4 rings (SSSR count). The van der Waals surface area contributed by atoms with Gasteiger partial charge in [-0.05, 0) is 74.4 Å². The summed E-state index contributed by atoms with van der Waals surface area (Å²) in [6, 6.07) is 6.01. The first-order valence-electron chi connectivity index (χ1n) is 8.04. The highest BCUT2D eigenvalue weighted by Crippen LogP contribution is 2.58. The lowest BCUT2D eigenvalue weighted by molar-refractivity contribution is -0.118. The van der Waals surface area contributed by atoms with Gasteiger partial charge in [-0.25, -0.2) is 0 Å². The van der Waals surface area contributed by atoms with Gasteiger partial charge in [0.25, 0.3) is 0 Å². The molecule has 4 nitrogen and oxygen atoms in total. The van der Waals surface area contributed by atoms with Crippen LogP contribution in [0.25, 0.3) is 0 Å². The zero-order valence-electron chi connectivity index (χ0n) is 12.3. The van der Waals surface area contributed by atoms with Crippen molar-refractivity contribution in [2.75, 3.05) is 25.0 Å². The van der Waals surface area contributed by atoms with Crippen molar-refractivity contribution in [3.8, 4) is 5.75 Å². The second kappa shape index (κ2) is 5.02. The standard InChI is InChI=1S/C17H22N2O2/c20-16(14-11-17(14)5-7-18-8-6-17)19-13-3-4-15-12(10-13)2-1-9-21-15/h3-4,10,14,18H,1-2,5-9,11H2,(H,19,20). The van der Waals surface area contributed by atoms with Crippen LogP contribution < -0.4 is 15.4 Å². The van der Waals surface area contributed by atoms with Crippen LogP contribution in [0.1, 0.15) is 31.2 Å². The summed E-state index contributed by atoms with van der Waals surface area (Å²) in [5, 5.41) is 6.49. The van der Waals surface area contributed by atoms with Crippen molar-refractivity contribution in [2.45, 2.75) is 32.1 Å². The molecule has 1 aromatic carbocycles. The van der Waals surface area contributed by atoms with E-state index in [2.05, 4.69) is 16.7 Å². The van der Waals surface area contributed by atoms with Crippen molar-refractivity contribution in [1.82, 2.24) is 5.32 Å². The molecular weight excluding hydrogens is 264 g/mol. The van der Waals surface area contributed by atoms with Crippen molar-refractivity contribution >= 4 is 11.6 Å². The van der Waals surface area contributed by atoms with Crippen molar-refractivity contribution < 1.29 is 9.53 Å². The van der Waals surface area contributed by atoms with Gasteiger partial charge in [0.1, 0.15) is 5.75 Å². The number of benzene rings is 1. The Kier molecular flexibility index (Phi) is 3.14. The van der Waals surface area contributed by atoms with E-state index in [1.807, 2.05) is 12.1 Å². The lowest BCUT2D eigenvalue weighted by atomic mass is 9.91. The van der Waals surface area contributed by atoms with Crippen LogP contribution in [-0.2, 0) is 11.2 Å². The minimum absolute atomic E-state index is 0.202. The number of anilines is 1. The van der Waals surface area contributed by atoms with Crippen LogP contribution in [0.2, 0.25) is 0 Å². The number of carbonyl (C=O) groups is 1. The summed E-state index contributed by atoms with van der Waals surface area (Å²) < 4.78 is 5.61. The smallest absolute Gasteiger partial charge is 0.228 e. The molecule has 0 radical (unpaired) electrons. The van der Waals surface area contributed by atoms with Gasteiger partial charge in [0.15, 0.2) is 0 Å². The lowest BCUT2D eigenvalue weighted by Gasteiger charge is -2.23. The molecule has 1 amide bonds. The van der Waals surface area contributed by atoms with Crippen LogP contribution >= 0.6 is 0 Å². The van der Waals surface area contributed by atoms with Crippen LogP contribution in [0.5, 0.6) is 5.75 Å². The van der Waals surface area contributed by atoms with E-state index < -0.39 is 0 Å². The molecule has 3 aliphatic rings. The molecule has 1 unspecified atom stereocenters. The highest BCUT2D eigenvalue weighted by atomic mass is 16.5. The number of amides is 1. The predicted octanol–water partition coefficient (Wildman–Crippen LogP) is 2.34. The molecule has 0 aromatic heterocycles. The number of hydrogen-bond donors (Lipinski definition) is 2. The van der Waals surface area contributed by atoms with Crippen LogP contribution in [0.4, 0.5) is 5.69 Å². The van der Waals surface area contributed by atoms with E-state index >= 15 is 0 Å². The van der Waals surface area contributed by atoms with Crippen LogP contribution in [0, 0.1) is 11.3 Å². The summed E-state index contributed by atoms with van der Waals surface area (Å²) >= 11 is 0. The summed E-state index contributed by atoms with van der Waals surface area (Å²) in [4.78, 5) is 12.5. The second-order valence-corrected chi connectivity index (χ2v) is 6.63. The summed E-state index contributed by atoms with van der Waals surface area (Å²) in [5.74, 6) is 1.39. The molecule has 2 aliphatic heterocycles. The Labute approximate surface area is 125 Å². The molecule has 1 spiro atoms. The Morgan fingerprint density at radius 2 is 2.19 bits per heavy atom. The predicted molar refractivity (Wildman–Crippen MR) is 81.5 cm³/mol. The quantitative estimate of drug-likeness (QED) is 0.877. The van der Waals surface area contributed by atoms with Gasteiger partial charge >= 0.3 is 0 Å². The van der Waals surface area contributed by atoms with Crippen molar-refractivity contribution in [2.24, 2.45) is 11.3 Å². The molecule has 2 N–H and O–H groups in total. The first kappa shape index (κ1) is 13.1. The number of hydrogen-bond acceptors (Lipinski definition) is 3. The minimum atomic E-state index is 0.202. The third-order valence-electron chi connectivity index (χ3n) is 5.28. The van der Waals surface area contributed by atoms with E-state index in [1.165, 1.54) is 5.56 Å². The Morgan fingerprint density at radius 3 is 3.05 bits per heavy atom. The highest BCUT2D eigenvalue weighted by Gasteiger charge is 2.57. The molecule has 4 heteroatoms. The van der Waals surface area contributed by atoms with E-state index in [9.17, 15) is 4.79 Å². The van der Waals surface area contributed by atoms with E-state index in [-0.39, 0.29) is 11.8 Å². The third kappa shape index (κ3) is 2.42. The molecule has 2 fully saturated rings. The number of nitrogens with one attached hydrogen (secondary N) is 2. The molecule has 1 saturated heterocycles. The molecule has 0 bridgehead atoms. The van der Waals surface area contributed by atoms with Gasteiger partial charge in [0.05, 0.1) is 6.61 Å². The van der Waals surface area contributed by atoms with Gasteiger partial charge in [-0.15, -0.1) is 0 Å². The zero-order valence-corrected chi connectivity index (χ0v) is 12.3. The first-order chi connectivity index (χ1) is 10.3. The van der Waals surface area contributed by atoms with Crippen LogP contribution in [0.3, 0.4) is 0 Å². The summed E-state index contributed by atoms with van der Waals surface area (Å²) in [6.45, 7) is 2.91. The number of piperidine rings is 1. The molecular formula is C17H22N2O2. The Balaban J connectivity index is 1.43. The van der Waals surface area contributed by atoms with E-state index in [0.717, 1.165) is 63.2 Å². The topological polar surface area (TPSA) is 50.4 Å². The maximum atomic E-state index is 12.5. The Hall–Kier alpha value is -1.55. The average Bonchev–Trinajstić information content (AvgIpc) is 3.21. The molecule has 21 heavy (non-hydrogen) atoms. The minimum Gasteiger partial charge on any atom is -0.493 e. The van der Waals surface area contributed by atoms with Gasteiger partial charge in [-0.1, -0.05) is 0 Å². The molecule has 1 aromatic rings. The van der Waals surface area contributed by atoms with Crippen molar-refractivity contribution in [3.05, 3.63) is 23.8 Å². The fraction of sp³-hybridized carbons (Fsp3) is 0.588. The Morgan fingerprint density at radius 1 is 1.33 bits per heavy atom. The van der Waals surface area contributed by atoms with Gasteiger partial charge in [0.2, 0.25) is 5.91 Å². The fourth-order valence-electron chi connectivity index (χ4n) is 3.86. The van der Waals surface area contributed by atoms with Crippen molar-refractivity contribution in [1.29, 1.82) is 0 Å². The van der Waals surface area contributed by atoms with Gasteiger partial charge < -0.3 is 15.4 Å². The third-order valence-corrected chi connectivity index (χ3v) is 5.28. The highest BCUT2D eigenvalue weighted by molar-refractivity contribution is 5.95. The van der Waals surface area contributed by atoms with Gasteiger partial charge in [0, 0.05) is 11.6 Å². The summed E-state index contributed by atoms with van der Waals surface area (Å²) in [6.07, 6.45) is 5.45. The summed E-state index contributed by atoms with van der Waals surface area (Å²) in [5.41, 5.74) is 2.43. The van der Waals surface area contributed by atoms with Crippen molar-refractivity contribution in [3.63, 3.8) is 0 Å². The molecule has 1 saturated carbocycles. The average molecular weight is 286 g/mol.